The van der Waals surface area contributed by atoms with E-state index in [1.165, 1.54) is 0 Å². The van der Waals surface area contributed by atoms with Crippen molar-refractivity contribution in [1.82, 2.24) is 9.80 Å². The summed E-state index contributed by atoms with van der Waals surface area (Å²) in [5, 5.41) is 0. The fraction of sp³-hybridized carbons (Fsp3) is 0.895. The highest BCUT2D eigenvalue weighted by Crippen LogP contribution is 2.39. The van der Waals surface area contributed by atoms with E-state index in [-0.39, 0.29) is 11.5 Å². The average Bonchev–Trinajstić information content (AvgIpc) is 2.56. The van der Waals surface area contributed by atoms with Gasteiger partial charge in [-0.25, -0.2) is 0 Å². The molecule has 0 N–H and O–H groups in total. The van der Waals surface area contributed by atoms with Gasteiger partial charge in [0.15, 0.2) is 0 Å². The molecule has 3 aliphatic rings. The van der Waals surface area contributed by atoms with Gasteiger partial charge in [-0.2, -0.15) is 0 Å². The van der Waals surface area contributed by atoms with E-state index in [2.05, 4.69) is 11.8 Å². The smallest absolute Gasteiger partial charge is 0.222 e. The first-order valence-corrected chi connectivity index (χ1v) is 9.65. The zero-order valence-electron chi connectivity index (χ0n) is 15.3. The molecule has 3 rings (SSSR count). The SMILES string of the molecule is CC(=O)N1CCC2(CC1)CC(CC(=O)N1CCC(C)CC1)CCO2. The van der Waals surface area contributed by atoms with E-state index in [1.54, 1.807) is 6.92 Å². The van der Waals surface area contributed by atoms with Crippen LogP contribution in [0.5, 0.6) is 0 Å². The van der Waals surface area contributed by atoms with E-state index in [1.807, 2.05) is 4.90 Å². The minimum absolute atomic E-state index is 0.0917. The number of likely N-dealkylation sites (tertiary alicyclic amines) is 2. The zero-order chi connectivity index (χ0) is 17.2. The Balaban J connectivity index is 1.51. The molecule has 0 aliphatic carbocycles. The normalized spacial score (nSPS) is 28.2. The molecule has 0 aromatic rings. The molecular weight excluding hydrogens is 304 g/mol. The molecule has 1 spiro atoms. The van der Waals surface area contributed by atoms with Crippen molar-refractivity contribution >= 4 is 11.8 Å². The van der Waals surface area contributed by atoms with Crippen LogP contribution in [0.2, 0.25) is 0 Å². The molecule has 136 valence electrons. The van der Waals surface area contributed by atoms with Crippen LogP contribution < -0.4 is 0 Å². The van der Waals surface area contributed by atoms with E-state index in [4.69, 9.17) is 4.74 Å². The number of rotatable bonds is 2. The van der Waals surface area contributed by atoms with Gasteiger partial charge in [0.05, 0.1) is 5.60 Å². The van der Waals surface area contributed by atoms with Crippen molar-refractivity contribution in [2.75, 3.05) is 32.8 Å². The molecule has 3 saturated heterocycles. The van der Waals surface area contributed by atoms with Crippen molar-refractivity contribution in [3.05, 3.63) is 0 Å². The fourth-order valence-corrected chi connectivity index (χ4v) is 4.52. The summed E-state index contributed by atoms with van der Waals surface area (Å²) in [4.78, 5) is 28.1. The molecule has 24 heavy (non-hydrogen) atoms. The molecule has 3 heterocycles. The second-order valence-corrected chi connectivity index (χ2v) is 8.16. The summed E-state index contributed by atoms with van der Waals surface area (Å²) in [6.45, 7) is 8.12. The standard InChI is InChI=1S/C19H32N2O3/c1-15-3-8-21(9-4-15)18(23)13-17-5-12-24-19(14-17)6-10-20(11-7-19)16(2)22/h15,17H,3-14H2,1-2H3. The Labute approximate surface area is 145 Å². The van der Waals surface area contributed by atoms with Crippen LogP contribution in [0.3, 0.4) is 0 Å². The summed E-state index contributed by atoms with van der Waals surface area (Å²) in [6, 6.07) is 0. The third kappa shape index (κ3) is 4.11. The summed E-state index contributed by atoms with van der Waals surface area (Å²) >= 11 is 0. The lowest BCUT2D eigenvalue weighted by atomic mass is 9.78. The Kier molecular flexibility index (Phi) is 5.48. The van der Waals surface area contributed by atoms with E-state index in [0.29, 0.717) is 18.2 Å². The number of carbonyl (C=O) groups excluding carboxylic acids is 2. The van der Waals surface area contributed by atoms with Crippen molar-refractivity contribution < 1.29 is 14.3 Å². The lowest BCUT2D eigenvalue weighted by Gasteiger charge is -2.46. The largest absolute Gasteiger partial charge is 0.375 e. The van der Waals surface area contributed by atoms with Crippen LogP contribution in [0, 0.1) is 11.8 Å². The first kappa shape index (κ1) is 17.7. The van der Waals surface area contributed by atoms with Crippen LogP contribution in [0.1, 0.15) is 58.8 Å². The number of piperidine rings is 2. The van der Waals surface area contributed by atoms with Crippen LogP contribution >= 0.6 is 0 Å². The van der Waals surface area contributed by atoms with Gasteiger partial charge < -0.3 is 14.5 Å². The summed E-state index contributed by atoms with van der Waals surface area (Å²) in [5.74, 6) is 1.69. The number of amides is 2. The maximum atomic E-state index is 12.6. The van der Waals surface area contributed by atoms with Crippen molar-refractivity contribution in [3.63, 3.8) is 0 Å². The van der Waals surface area contributed by atoms with Gasteiger partial charge in [-0.3, -0.25) is 9.59 Å². The topological polar surface area (TPSA) is 49.9 Å². The molecule has 1 atom stereocenters. The van der Waals surface area contributed by atoms with Gasteiger partial charge in [0.2, 0.25) is 11.8 Å². The predicted octanol–water partition coefficient (Wildman–Crippen LogP) is 2.44. The van der Waals surface area contributed by atoms with Crippen LogP contribution in [0.15, 0.2) is 0 Å². The van der Waals surface area contributed by atoms with Gasteiger partial charge in [-0.15, -0.1) is 0 Å². The number of carbonyl (C=O) groups is 2. The van der Waals surface area contributed by atoms with Crippen LogP contribution in [-0.2, 0) is 14.3 Å². The molecule has 0 aromatic heterocycles. The van der Waals surface area contributed by atoms with Gasteiger partial charge in [0.1, 0.15) is 0 Å². The molecule has 0 radical (unpaired) electrons. The first-order valence-electron chi connectivity index (χ1n) is 9.65. The maximum Gasteiger partial charge on any atom is 0.222 e. The number of hydrogen-bond acceptors (Lipinski definition) is 3. The highest BCUT2D eigenvalue weighted by molar-refractivity contribution is 5.76. The van der Waals surface area contributed by atoms with E-state index in [9.17, 15) is 9.59 Å². The van der Waals surface area contributed by atoms with Crippen LogP contribution in [0.25, 0.3) is 0 Å². The molecule has 3 aliphatic heterocycles. The van der Waals surface area contributed by atoms with Crippen molar-refractivity contribution in [2.45, 2.75) is 64.4 Å². The fourth-order valence-electron chi connectivity index (χ4n) is 4.52. The second-order valence-electron chi connectivity index (χ2n) is 8.16. The van der Waals surface area contributed by atoms with E-state index < -0.39 is 0 Å². The molecular formula is C19H32N2O3. The second kappa shape index (κ2) is 7.42. The average molecular weight is 336 g/mol. The Morgan fingerprint density at radius 3 is 2.33 bits per heavy atom. The molecule has 1 unspecified atom stereocenters. The quantitative estimate of drug-likeness (QED) is 0.778. The minimum atomic E-state index is -0.0917. The third-order valence-electron chi connectivity index (χ3n) is 6.31. The van der Waals surface area contributed by atoms with Gasteiger partial charge in [0, 0.05) is 46.1 Å². The molecule has 2 amide bonds. The van der Waals surface area contributed by atoms with E-state index >= 15 is 0 Å². The lowest BCUT2D eigenvalue weighted by Crippen LogP contribution is -2.51. The number of hydrogen-bond donors (Lipinski definition) is 0. The van der Waals surface area contributed by atoms with Gasteiger partial charge in [-0.05, 0) is 50.4 Å². The summed E-state index contributed by atoms with van der Waals surface area (Å²) in [7, 11) is 0. The Morgan fingerprint density at radius 2 is 1.71 bits per heavy atom. The Morgan fingerprint density at radius 1 is 1.04 bits per heavy atom. The summed E-state index contributed by atoms with van der Waals surface area (Å²) < 4.78 is 6.14. The predicted molar refractivity (Wildman–Crippen MR) is 92.5 cm³/mol. The molecule has 3 fully saturated rings. The van der Waals surface area contributed by atoms with Gasteiger partial charge in [-0.1, -0.05) is 6.92 Å². The molecule has 5 heteroatoms. The lowest BCUT2D eigenvalue weighted by molar-refractivity contribution is -0.149. The molecule has 5 nitrogen and oxygen atoms in total. The maximum absolute atomic E-state index is 12.6. The van der Waals surface area contributed by atoms with Crippen LogP contribution in [-0.4, -0.2) is 60.0 Å². The third-order valence-corrected chi connectivity index (χ3v) is 6.31. The van der Waals surface area contributed by atoms with Crippen molar-refractivity contribution in [1.29, 1.82) is 0 Å². The van der Waals surface area contributed by atoms with Crippen molar-refractivity contribution in [3.8, 4) is 0 Å². The highest BCUT2D eigenvalue weighted by atomic mass is 16.5. The van der Waals surface area contributed by atoms with Gasteiger partial charge >= 0.3 is 0 Å². The van der Waals surface area contributed by atoms with Gasteiger partial charge in [0.25, 0.3) is 0 Å². The minimum Gasteiger partial charge on any atom is -0.375 e. The number of ether oxygens (including phenoxy) is 1. The zero-order valence-corrected chi connectivity index (χ0v) is 15.3. The monoisotopic (exact) mass is 336 g/mol. The summed E-state index contributed by atoms with van der Waals surface area (Å²) in [6.07, 6.45) is 6.77. The number of nitrogens with zero attached hydrogens (tertiary/aromatic N) is 2. The Bertz CT molecular complexity index is 463. The molecule has 0 bridgehead atoms. The van der Waals surface area contributed by atoms with Crippen LogP contribution in [0.4, 0.5) is 0 Å². The highest BCUT2D eigenvalue weighted by Gasteiger charge is 2.41. The first-order chi connectivity index (χ1) is 11.5. The van der Waals surface area contributed by atoms with E-state index in [0.717, 1.165) is 77.2 Å². The van der Waals surface area contributed by atoms with Crippen molar-refractivity contribution in [2.24, 2.45) is 11.8 Å². The molecule has 0 saturated carbocycles. The Hall–Kier alpha value is -1.10. The molecule has 0 aromatic carbocycles. The summed E-state index contributed by atoms with van der Waals surface area (Å²) in [5.41, 5.74) is -0.0917.